The first-order chi connectivity index (χ1) is 14.7. The molecule has 0 atom stereocenters. The summed E-state index contributed by atoms with van der Waals surface area (Å²) in [5.41, 5.74) is 5.02. The van der Waals surface area contributed by atoms with Gasteiger partial charge in [0.1, 0.15) is 0 Å². The van der Waals surface area contributed by atoms with Gasteiger partial charge in [-0.05, 0) is 24.3 Å². The third-order valence-corrected chi connectivity index (χ3v) is 5.94. The van der Waals surface area contributed by atoms with Crippen molar-refractivity contribution < 1.29 is 4.79 Å². The Hall–Kier alpha value is -3.98. The minimum absolute atomic E-state index is 0.000104. The lowest BCUT2D eigenvalue weighted by Gasteiger charge is -2.11. The summed E-state index contributed by atoms with van der Waals surface area (Å²) in [6.45, 7) is 0. The molecule has 4 aromatic carbocycles. The van der Waals surface area contributed by atoms with Crippen LogP contribution in [0.4, 0.5) is 0 Å². The van der Waals surface area contributed by atoms with Crippen LogP contribution in [0.2, 0.25) is 0 Å². The molecule has 0 aliphatic rings. The molecule has 0 fully saturated rings. The summed E-state index contributed by atoms with van der Waals surface area (Å²) in [5.74, 6) is -0.000104. The smallest absolute Gasteiger partial charge is 0.197 e. The molecule has 6 aromatic rings. The second kappa shape index (κ2) is 6.26. The second-order valence-electron chi connectivity index (χ2n) is 7.67. The SMILES string of the molecule is Cn1c2ccccc2c2cc3cc4ccccc4nc3c(C(=O)c3ccccc3)c21. The number of carbonyl (C=O) groups excluding carboxylic acids is 1. The molecule has 30 heavy (non-hydrogen) atoms. The molecule has 0 bridgehead atoms. The lowest BCUT2D eigenvalue weighted by atomic mass is 9.96. The van der Waals surface area contributed by atoms with Gasteiger partial charge in [-0.3, -0.25) is 4.79 Å². The van der Waals surface area contributed by atoms with Gasteiger partial charge >= 0.3 is 0 Å². The minimum Gasteiger partial charge on any atom is -0.343 e. The molecule has 0 N–H and O–H groups in total. The largest absolute Gasteiger partial charge is 0.343 e. The highest BCUT2D eigenvalue weighted by atomic mass is 16.1. The summed E-state index contributed by atoms with van der Waals surface area (Å²) in [6.07, 6.45) is 0. The van der Waals surface area contributed by atoms with Gasteiger partial charge in [-0.2, -0.15) is 0 Å². The predicted molar refractivity (Wildman–Crippen MR) is 123 cm³/mol. The second-order valence-corrected chi connectivity index (χ2v) is 7.67. The van der Waals surface area contributed by atoms with Crippen LogP contribution >= 0.6 is 0 Å². The predicted octanol–water partition coefficient (Wildman–Crippen LogP) is 6.26. The van der Waals surface area contributed by atoms with E-state index in [1.807, 2.05) is 67.7 Å². The molecular formula is C27H18N2O. The average molecular weight is 386 g/mol. The van der Waals surface area contributed by atoms with E-state index in [0.29, 0.717) is 11.1 Å². The molecule has 0 aliphatic heterocycles. The third-order valence-electron chi connectivity index (χ3n) is 5.94. The summed E-state index contributed by atoms with van der Waals surface area (Å²) in [5, 5.41) is 4.28. The van der Waals surface area contributed by atoms with Gasteiger partial charge in [0, 0.05) is 39.7 Å². The maximum absolute atomic E-state index is 13.8. The van der Waals surface area contributed by atoms with Gasteiger partial charge < -0.3 is 4.57 Å². The van der Waals surface area contributed by atoms with Crippen LogP contribution in [-0.4, -0.2) is 15.3 Å². The van der Waals surface area contributed by atoms with Gasteiger partial charge in [-0.15, -0.1) is 0 Å². The van der Waals surface area contributed by atoms with Crippen molar-refractivity contribution in [3.8, 4) is 0 Å². The Labute approximate surface area is 173 Å². The van der Waals surface area contributed by atoms with Crippen LogP contribution in [0.5, 0.6) is 0 Å². The molecule has 142 valence electrons. The molecule has 0 radical (unpaired) electrons. The minimum atomic E-state index is -0.000104. The molecule has 2 heterocycles. The normalized spacial score (nSPS) is 11.6. The number of fused-ring (bicyclic) bond motifs is 5. The topological polar surface area (TPSA) is 34.9 Å². The van der Waals surface area contributed by atoms with Crippen molar-refractivity contribution in [2.24, 2.45) is 7.05 Å². The fourth-order valence-corrected chi connectivity index (χ4v) is 4.53. The van der Waals surface area contributed by atoms with Crippen molar-refractivity contribution in [2.45, 2.75) is 0 Å². The molecule has 0 saturated carbocycles. The Bertz CT molecular complexity index is 1610. The molecule has 3 heteroatoms. The highest BCUT2D eigenvalue weighted by Gasteiger charge is 2.22. The summed E-state index contributed by atoms with van der Waals surface area (Å²) < 4.78 is 2.12. The first-order valence-corrected chi connectivity index (χ1v) is 10.0. The fourth-order valence-electron chi connectivity index (χ4n) is 4.53. The standard InChI is InChI=1S/C27H18N2O/c1-29-23-14-8-6-12-20(23)21-16-19-15-18-11-5-7-13-22(18)28-25(19)24(26(21)29)27(30)17-9-3-2-4-10-17/h2-16H,1H3. The van der Waals surface area contributed by atoms with Gasteiger partial charge in [0.15, 0.2) is 5.78 Å². The van der Waals surface area contributed by atoms with E-state index in [2.05, 4.69) is 34.9 Å². The molecule has 0 aliphatic carbocycles. The first kappa shape index (κ1) is 16.9. The number of nitrogens with zero attached hydrogens (tertiary/aromatic N) is 2. The lowest BCUT2D eigenvalue weighted by Crippen LogP contribution is -2.06. The Morgan fingerprint density at radius 1 is 0.767 bits per heavy atom. The van der Waals surface area contributed by atoms with E-state index in [4.69, 9.17) is 4.98 Å². The number of hydrogen-bond donors (Lipinski definition) is 0. The molecule has 6 rings (SSSR count). The quantitative estimate of drug-likeness (QED) is 0.260. The van der Waals surface area contributed by atoms with Crippen LogP contribution in [0.15, 0.2) is 91.0 Å². The van der Waals surface area contributed by atoms with Crippen molar-refractivity contribution in [3.63, 3.8) is 0 Å². The number of aryl methyl sites for hydroxylation is 1. The van der Waals surface area contributed by atoms with Crippen molar-refractivity contribution >= 4 is 49.4 Å². The fraction of sp³-hybridized carbons (Fsp3) is 0.0370. The van der Waals surface area contributed by atoms with Gasteiger partial charge in [0.25, 0.3) is 0 Å². The van der Waals surface area contributed by atoms with Crippen molar-refractivity contribution in [3.05, 3.63) is 102 Å². The molecule has 3 nitrogen and oxygen atoms in total. The Morgan fingerprint density at radius 3 is 2.37 bits per heavy atom. The molecule has 0 unspecified atom stereocenters. The van der Waals surface area contributed by atoms with E-state index in [-0.39, 0.29) is 5.78 Å². The Balaban J connectivity index is 1.85. The molecule has 0 amide bonds. The summed E-state index contributed by atoms with van der Waals surface area (Å²) in [4.78, 5) is 18.7. The first-order valence-electron chi connectivity index (χ1n) is 10.0. The van der Waals surface area contributed by atoms with Crippen LogP contribution < -0.4 is 0 Å². The highest BCUT2D eigenvalue weighted by Crippen LogP contribution is 2.36. The molecular weight excluding hydrogens is 368 g/mol. The summed E-state index contributed by atoms with van der Waals surface area (Å²) >= 11 is 0. The Morgan fingerprint density at radius 2 is 1.50 bits per heavy atom. The van der Waals surface area contributed by atoms with Crippen molar-refractivity contribution in [1.29, 1.82) is 0 Å². The number of benzene rings is 4. The van der Waals surface area contributed by atoms with Crippen LogP contribution in [0, 0.1) is 0 Å². The van der Waals surface area contributed by atoms with Gasteiger partial charge in [0.2, 0.25) is 0 Å². The van der Waals surface area contributed by atoms with Gasteiger partial charge in [0.05, 0.1) is 22.1 Å². The molecule has 2 aromatic heterocycles. The van der Waals surface area contributed by atoms with Crippen molar-refractivity contribution in [1.82, 2.24) is 9.55 Å². The van der Waals surface area contributed by atoms with Gasteiger partial charge in [-0.1, -0.05) is 66.7 Å². The van der Waals surface area contributed by atoms with Crippen LogP contribution in [-0.2, 0) is 7.05 Å². The summed E-state index contributed by atoms with van der Waals surface area (Å²) in [7, 11) is 2.03. The number of ketones is 1. The number of rotatable bonds is 2. The van der Waals surface area contributed by atoms with E-state index >= 15 is 0 Å². The number of para-hydroxylation sites is 2. The van der Waals surface area contributed by atoms with Crippen LogP contribution in [0.1, 0.15) is 15.9 Å². The van der Waals surface area contributed by atoms with Gasteiger partial charge in [-0.25, -0.2) is 4.98 Å². The number of pyridine rings is 1. The van der Waals surface area contributed by atoms with Crippen LogP contribution in [0.3, 0.4) is 0 Å². The van der Waals surface area contributed by atoms with E-state index in [9.17, 15) is 4.79 Å². The summed E-state index contributed by atoms with van der Waals surface area (Å²) in [6, 6.07) is 30.1. The number of carbonyl (C=O) groups is 1. The monoisotopic (exact) mass is 386 g/mol. The number of hydrogen-bond acceptors (Lipinski definition) is 2. The molecule has 0 spiro atoms. The maximum Gasteiger partial charge on any atom is 0.197 e. The zero-order valence-corrected chi connectivity index (χ0v) is 16.5. The maximum atomic E-state index is 13.8. The van der Waals surface area contributed by atoms with Crippen LogP contribution in [0.25, 0.3) is 43.6 Å². The van der Waals surface area contributed by atoms with Crippen molar-refractivity contribution in [2.75, 3.05) is 0 Å². The van der Waals surface area contributed by atoms with E-state index in [1.54, 1.807) is 0 Å². The zero-order chi connectivity index (χ0) is 20.2. The zero-order valence-electron chi connectivity index (χ0n) is 16.5. The van der Waals surface area contributed by atoms with E-state index < -0.39 is 0 Å². The highest BCUT2D eigenvalue weighted by molar-refractivity contribution is 6.27. The Kier molecular flexibility index (Phi) is 3.53. The number of aromatic nitrogens is 2. The third kappa shape index (κ3) is 2.32. The lowest BCUT2D eigenvalue weighted by molar-refractivity contribution is 0.104. The van der Waals surface area contributed by atoms with E-state index in [1.165, 1.54) is 0 Å². The van der Waals surface area contributed by atoms with E-state index in [0.717, 1.165) is 43.6 Å². The molecule has 0 saturated heterocycles. The average Bonchev–Trinajstić information content (AvgIpc) is 3.08.